The van der Waals surface area contributed by atoms with Gasteiger partial charge in [0.2, 0.25) is 0 Å². The first-order valence-electron chi connectivity index (χ1n) is 6.50. The topological polar surface area (TPSA) is 60.0 Å². The number of H-pyrrole nitrogens is 1. The Hall–Kier alpha value is -2.82. The summed E-state index contributed by atoms with van der Waals surface area (Å²) in [6.07, 6.45) is 1.50. The Bertz CT molecular complexity index is 722. The molecule has 0 saturated heterocycles. The Morgan fingerprint density at radius 1 is 0.810 bits per heavy atom. The number of nitrogens with zero attached hydrogens (tertiary/aromatic N) is 2. The number of hydrogen-bond acceptors (Lipinski definition) is 4. The predicted octanol–water partition coefficient (Wildman–Crippen LogP) is 3.16. The smallest absolute Gasteiger partial charge is 0.161 e. The molecule has 0 aliphatic heterocycles. The van der Waals surface area contributed by atoms with Gasteiger partial charge in [0.1, 0.15) is 6.33 Å². The Kier molecular flexibility index (Phi) is 3.55. The van der Waals surface area contributed by atoms with Gasteiger partial charge in [0, 0.05) is 5.56 Å². The zero-order valence-corrected chi connectivity index (χ0v) is 11.8. The molecule has 0 spiro atoms. The molecule has 0 radical (unpaired) electrons. The van der Waals surface area contributed by atoms with E-state index in [9.17, 15) is 0 Å². The molecule has 0 unspecified atom stereocenters. The van der Waals surface area contributed by atoms with Crippen LogP contribution in [0.1, 0.15) is 0 Å². The summed E-state index contributed by atoms with van der Waals surface area (Å²) in [4.78, 5) is 4.14. The fraction of sp³-hybridized carbons (Fsp3) is 0.125. The molecule has 0 aliphatic rings. The van der Waals surface area contributed by atoms with E-state index in [0.717, 1.165) is 28.3 Å². The van der Waals surface area contributed by atoms with Gasteiger partial charge in [0.25, 0.3) is 0 Å². The summed E-state index contributed by atoms with van der Waals surface area (Å²) < 4.78 is 10.6. The van der Waals surface area contributed by atoms with Crippen molar-refractivity contribution in [3.05, 3.63) is 48.8 Å². The Labute approximate surface area is 122 Å². The number of aromatic nitrogens is 3. The monoisotopic (exact) mass is 281 g/mol. The van der Waals surface area contributed by atoms with E-state index in [1.807, 2.05) is 42.5 Å². The molecule has 0 saturated carbocycles. The molecule has 1 aromatic heterocycles. The molecule has 5 nitrogen and oxygen atoms in total. The van der Waals surface area contributed by atoms with Gasteiger partial charge >= 0.3 is 0 Å². The zero-order valence-electron chi connectivity index (χ0n) is 11.8. The fourth-order valence-corrected chi connectivity index (χ4v) is 2.18. The molecule has 5 heteroatoms. The average molecular weight is 281 g/mol. The molecule has 3 aromatic rings. The van der Waals surface area contributed by atoms with Gasteiger partial charge in [-0.05, 0) is 23.3 Å². The van der Waals surface area contributed by atoms with Gasteiger partial charge in [-0.2, -0.15) is 5.10 Å². The molecule has 0 atom stereocenters. The van der Waals surface area contributed by atoms with Gasteiger partial charge in [0.15, 0.2) is 17.3 Å². The maximum atomic E-state index is 5.33. The van der Waals surface area contributed by atoms with E-state index in [4.69, 9.17) is 9.47 Å². The minimum atomic E-state index is 0.717. The number of ether oxygens (including phenoxy) is 2. The third kappa shape index (κ3) is 2.58. The van der Waals surface area contributed by atoms with Crippen LogP contribution in [0.3, 0.4) is 0 Å². The van der Waals surface area contributed by atoms with Crippen LogP contribution >= 0.6 is 0 Å². The molecule has 1 N–H and O–H groups in total. The van der Waals surface area contributed by atoms with Crippen molar-refractivity contribution in [1.29, 1.82) is 0 Å². The number of nitrogens with one attached hydrogen (secondary N) is 1. The van der Waals surface area contributed by atoms with E-state index in [1.165, 1.54) is 6.33 Å². The van der Waals surface area contributed by atoms with Crippen molar-refractivity contribution in [1.82, 2.24) is 15.2 Å². The van der Waals surface area contributed by atoms with Gasteiger partial charge in [-0.3, -0.25) is 5.10 Å². The lowest BCUT2D eigenvalue weighted by atomic mass is 10.0. The van der Waals surface area contributed by atoms with Crippen molar-refractivity contribution in [3.63, 3.8) is 0 Å². The molecule has 1 heterocycles. The molecule has 21 heavy (non-hydrogen) atoms. The van der Waals surface area contributed by atoms with Gasteiger partial charge < -0.3 is 9.47 Å². The van der Waals surface area contributed by atoms with Gasteiger partial charge in [-0.25, -0.2) is 4.98 Å². The number of rotatable bonds is 4. The summed E-state index contributed by atoms with van der Waals surface area (Å²) in [5.74, 6) is 2.20. The predicted molar refractivity (Wildman–Crippen MR) is 80.4 cm³/mol. The van der Waals surface area contributed by atoms with Crippen molar-refractivity contribution in [2.24, 2.45) is 0 Å². The van der Waals surface area contributed by atoms with Crippen LogP contribution < -0.4 is 9.47 Å². The molecule has 106 valence electrons. The van der Waals surface area contributed by atoms with Crippen LogP contribution in [0.5, 0.6) is 11.5 Å². The lowest BCUT2D eigenvalue weighted by molar-refractivity contribution is 0.355. The minimum absolute atomic E-state index is 0.717. The summed E-state index contributed by atoms with van der Waals surface area (Å²) in [6, 6.07) is 14.0. The normalized spacial score (nSPS) is 10.4. The van der Waals surface area contributed by atoms with Crippen LogP contribution in [-0.4, -0.2) is 29.4 Å². The Morgan fingerprint density at radius 3 is 2.10 bits per heavy atom. The highest BCUT2D eigenvalue weighted by atomic mass is 16.5. The summed E-state index contributed by atoms with van der Waals surface area (Å²) in [5.41, 5.74) is 3.16. The number of benzene rings is 2. The minimum Gasteiger partial charge on any atom is -0.493 e. The van der Waals surface area contributed by atoms with E-state index < -0.39 is 0 Å². The number of methoxy groups -OCH3 is 2. The maximum Gasteiger partial charge on any atom is 0.161 e. The Balaban J connectivity index is 1.94. The van der Waals surface area contributed by atoms with Crippen molar-refractivity contribution < 1.29 is 9.47 Å². The maximum absolute atomic E-state index is 5.33. The van der Waals surface area contributed by atoms with Crippen LogP contribution in [0.15, 0.2) is 48.8 Å². The molecule has 0 amide bonds. The second kappa shape index (κ2) is 5.66. The number of aromatic amines is 1. The van der Waals surface area contributed by atoms with Crippen LogP contribution in [-0.2, 0) is 0 Å². The van der Waals surface area contributed by atoms with Crippen LogP contribution in [0.2, 0.25) is 0 Å². The van der Waals surface area contributed by atoms with Crippen LogP contribution in [0.4, 0.5) is 0 Å². The molecule has 0 aliphatic carbocycles. The highest BCUT2D eigenvalue weighted by molar-refractivity contribution is 5.70. The third-order valence-corrected chi connectivity index (χ3v) is 3.29. The molecule has 0 bridgehead atoms. The summed E-state index contributed by atoms with van der Waals surface area (Å²) in [7, 11) is 3.26. The molecular weight excluding hydrogens is 266 g/mol. The van der Waals surface area contributed by atoms with E-state index in [1.54, 1.807) is 14.2 Å². The Morgan fingerprint density at radius 2 is 1.48 bits per heavy atom. The molecule has 3 rings (SSSR count). The fourth-order valence-electron chi connectivity index (χ4n) is 2.18. The summed E-state index contributed by atoms with van der Waals surface area (Å²) in [6.45, 7) is 0. The van der Waals surface area contributed by atoms with Crippen molar-refractivity contribution in [2.45, 2.75) is 0 Å². The summed E-state index contributed by atoms with van der Waals surface area (Å²) >= 11 is 0. The molecule has 0 fully saturated rings. The first kappa shape index (κ1) is 13.2. The summed E-state index contributed by atoms with van der Waals surface area (Å²) in [5, 5.41) is 6.70. The number of hydrogen-bond donors (Lipinski definition) is 1. The standard InChI is InChI=1S/C16H15N3O2/c1-20-14-8-7-13(9-15(14)21-2)11-3-5-12(6-4-11)16-17-10-18-19-16/h3-10H,1-2H3,(H,17,18,19). The van der Waals surface area contributed by atoms with E-state index in [0.29, 0.717) is 5.75 Å². The van der Waals surface area contributed by atoms with Crippen molar-refractivity contribution in [2.75, 3.05) is 14.2 Å². The van der Waals surface area contributed by atoms with Gasteiger partial charge in [0.05, 0.1) is 14.2 Å². The van der Waals surface area contributed by atoms with E-state index in [-0.39, 0.29) is 0 Å². The lowest BCUT2D eigenvalue weighted by Crippen LogP contribution is -1.91. The van der Waals surface area contributed by atoms with E-state index in [2.05, 4.69) is 15.2 Å². The highest BCUT2D eigenvalue weighted by Gasteiger charge is 2.07. The van der Waals surface area contributed by atoms with E-state index >= 15 is 0 Å². The van der Waals surface area contributed by atoms with Gasteiger partial charge in [-0.1, -0.05) is 30.3 Å². The molecular formula is C16H15N3O2. The van der Waals surface area contributed by atoms with Crippen molar-refractivity contribution in [3.8, 4) is 34.0 Å². The van der Waals surface area contributed by atoms with Gasteiger partial charge in [-0.15, -0.1) is 0 Å². The quantitative estimate of drug-likeness (QED) is 0.798. The highest BCUT2D eigenvalue weighted by Crippen LogP contribution is 2.32. The molecule has 2 aromatic carbocycles. The van der Waals surface area contributed by atoms with Crippen LogP contribution in [0, 0.1) is 0 Å². The second-order valence-corrected chi connectivity index (χ2v) is 4.48. The lowest BCUT2D eigenvalue weighted by Gasteiger charge is -2.10. The first-order chi connectivity index (χ1) is 10.3. The second-order valence-electron chi connectivity index (χ2n) is 4.48. The average Bonchev–Trinajstić information content (AvgIpc) is 3.09. The first-order valence-corrected chi connectivity index (χ1v) is 6.50. The zero-order chi connectivity index (χ0) is 14.7. The SMILES string of the molecule is COc1ccc(-c2ccc(-c3ncn[nH]3)cc2)cc1OC. The van der Waals surface area contributed by atoms with Crippen molar-refractivity contribution >= 4 is 0 Å². The van der Waals surface area contributed by atoms with Crippen LogP contribution in [0.25, 0.3) is 22.5 Å². The largest absolute Gasteiger partial charge is 0.493 e. The third-order valence-electron chi connectivity index (χ3n) is 3.29.